The Labute approximate surface area is 168 Å². The maximum Gasteiger partial charge on any atom is 0.251 e. The van der Waals surface area contributed by atoms with Gasteiger partial charge < -0.3 is 21.3 Å². The summed E-state index contributed by atoms with van der Waals surface area (Å²) in [6.45, 7) is 1.84. The molecule has 6 nitrogen and oxygen atoms in total. The Morgan fingerprint density at radius 1 is 1.19 bits per heavy atom. The minimum atomic E-state index is -0.0909. The number of amides is 2. The Balaban J connectivity index is 0.00000312. The van der Waals surface area contributed by atoms with E-state index in [2.05, 4.69) is 10.6 Å². The van der Waals surface area contributed by atoms with E-state index in [4.69, 9.17) is 5.73 Å². The molecule has 1 fully saturated rings. The normalized spacial score (nSPS) is 18.6. The van der Waals surface area contributed by atoms with Gasteiger partial charge in [0.2, 0.25) is 5.91 Å². The molecule has 8 heteroatoms. The largest absolute Gasteiger partial charge is 0.352 e. The van der Waals surface area contributed by atoms with Crippen molar-refractivity contribution in [1.82, 2.24) is 15.5 Å². The molecule has 1 aliphatic carbocycles. The number of hydrogen-bond donors (Lipinski definition) is 3. The number of halogens is 2. The Bertz CT molecular complexity index is 584. The van der Waals surface area contributed by atoms with Gasteiger partial charge in [-0.1, -0.05) is 12.1 Å². The lowest BCUT2D eigenvalue weighted by Gasteiger charge is -2.12. The molecule has 0 spiro atoms. The van der Waals surface area contributed by atoms with Crippen LogP contribution in [0.2, 0.25) is 0 Å². The van der Waals surface area contributed by atoms with Crippen molar-refractivity contribution in [3.63, 3.8) is 0 Å². The molecule has 2 atom stereocenters. The second-order valence-corrected chi connectivity index (χ2v) is 6.75. The third-order valence-electron chi connectivity index (χ3n) is 4.34. The fourth-order valence-electron chi connectivity index (χ4n) is 2.91. The van der Waals surface area contributed by atoms with Crippen molar-refractivity contribution in [2.45, 2.75) is 31.8 Å². The third-order valence-corrected chi connectivity index (χ3v) is 4.34. The lowest BCUT2D eigenvalue weighted by Crippen LogP contribution is -2.31. The maximum atomic E-state index is 12.1. The summed E-state index contributed by atoms with van der Waals surface area (Å²) in [5.41, 5.74) is 7.39. The van der Waals surface area contributed by atoms with Gasteiger partial charge in [0.25, 0.3) is 5.91 Å². The number of benzene rings is 1. The Hall–Kier alpha value is -1.34. The van der Waals surface area contributed by atoms with Gasteiger partial charge in [0, 0.05) is 37.2 Å². The molecule has 1 aliphatic rings. The van der Waals surface area contributed by atoms with Crippen LogP contribution in [0.5, 0.6) is 0 Å². The summed E-state index contributed by atoms with van der Waals surface area (Å²) >= 11 is 0. The minimum Gasteiger partial charge on any atom is -0.352 e. The van der Waals surface area contributed by atoms with Crippen LogP contribution in [0.15, 0.2) is 24.3 Å². The molecule has 0 aliphatic heterocycles. The van der Waals surface area contributed by atoms with Crippen LogP contribution in [0.3, 0.4) is 0 Å². The first-order valence-electron chi connectivity index (χ1n) is 8.51. The summed E-state index contributed by atoms with van der Waals surface area (Å²) in [6.07, 6.45) is 2.54. The summed E-state index contributed by atoms with van der Waals surface area (Å²) in [5.74, 6) is -0.00639. The van der Waals surface area contributed by atoms with Gasteiger partial charge in [-0.3, -0.25) is 9.59 Å². The van der Waals surface area contributed by atoms with Crippen molar-refractivity contribution >= 4 is 36.6 Å². The lowest BCUT2D eigenvalue weighted by atomic mass is 10.1. The van der Waals surface area contributed by atoms with Crippen molar-refractivity contribution < 1.29 is 9.59 Å². The molecule has 0 heterocycles. The average Bonchev–Trinajstić information content (AvgIpc) is 2.99. The van der Waals surface area contributed by atoms with Gasteiger partial charge in [0.05, 0.1) is 0 Å². The second kappa shape index (κ2) is 12.1. The number of hydrogen-bond acceptors (Lipinski definition) is 4. The van der Waals surface area contributed by atoms with E-state index in [1.807, 2.05) is 37.2 Å². The molecule has 0 aromatic heterocycles. The number of carbonyl (C=O) groups is 2. The summed E-state index contributed by atoms with van der Waals surface area (Å²) in [5, 5.41) is 5.84. The smallest absolute Gasteiger partial charge is 0.251 e. The van der Waals surface area contributed by atoms with Crippen LogP contribution in [0.4, 0.5) is 0 Å². The van der Waals surface area contributed by atoms with E-state index in [1.165, 1.54) is 0 Å². The van der Waals surface area contributed by atoms with Crippen LogP contribution < -0.4 is 16.4 Å². The molecule has 0 saturated heterocycles. The number of carbonyl (C=O) groups excluding carboxylic acids is 2. The first kappa shape index (κ1) is 24.7. The Morgan fingerprint density at radius 2 is 1.92 bits per heavy atom. The van der Waals surface area contributed by atoms with Gasteiger partial charge in [-0.25, -0.2) is 0 Å². The highest BCUT2D eigenvalue weighted by Gasteiger charge is 2.27. The van der Waals surface area contributed by atoms with Crippen LogP contribution in [-0.2, 0) is 11.3 Å². The zero-order valence-corrected chi connectivity index (χ0v) is 17.0. The number of nitrogens with two attached hydrogens (primary N) is 1. The molecule has 26 heavy (non-hydrogen) atoms. The molecule has 2 amide bonds. The molecule has 2 unspecified atom stereocenters. The van der Waals surface area contributed by atoms with Gasteiger partial charge >= 0.3 is 0 Å². The van der Waals surface area contributed by atoms with E-state index in [-0.39, 0.29) is 48.6 Å². The standard InChI is InChI=1S/C18H28N4O2.2ClH/c1-22(2)9-8-20-17(23)14-5-3-4-13(10-14)12-21-18(24)15-6-7-16(19)11-15;;/h3-5,10,15-16H,6-9,11-12,19H2,1-2H3,(H,20,23)(H,21,24);2*1H. The first-order chi connectivity index (χ1) is 11.5. The predicted octanol–water partition coefficient (Wildman–Crippen LogP) is 1.57. The van der Waals surface area contributed by atoms with E-state index in [1.54, 1.807) is 6.07 Å². The summed E-state index contributed by atoms with van der Waals surface area (Å²) in [6, 6.07) is 7.51. The van der Waals surface area contributed by atoms with Crippen LogP contribution in [-0.4, -0.2) is 49.9 Å². The lowest BCUT2D eigenvalue weighted by molar-refractivity contribution is -0.125. The number of nitrogens with zero attached hydrogens (tertiary/aromatic N) is 1. The SMILES string of the molecule is CN(C)CCNC(=O)c1cccc(CNC(=O)C2CCC(N)C2)c1.Cl.Cl. The minimum absolute atomic E-state index is 0. The van der Waals surface area contributed by atoms with Crippen molar-refractivity contribution in [2.24, 2.45) is 11.7 Å². The van der Waals surface area contributed by atoms with Gasteiger partial charge in [-0.15, -0.1) is 24.8 Å². The van der Waals surface area contributed by atoms with Crippen molar-refractivity contribution in [2.75, 3.05) is 27.2 Å². The zero-order chi connectivity index (χ0) is 17.5. The molecule has 1 aromatic rings. The number of rotatable bonds is 7. The first-order valence-corrected chi connectivity index (χ1v) is 8.51. The van der Waals surface area contributed by atoms with Crippen molar-refractivity contribution in [3.8, 4) is 0 Å². The highest BCUT2D eigenvalue weighted by Crippen LogP contribution is 2.24. The fourth-order valence-corrected chi connectivity index (χ4v) is 2.91. The van der Waals surface area contributed by atoms with E-state index < -0.39 is 0 Å². The molecular formula is C18H30Cl2N4O2. The van der Waals surface area contributed by atoms with Crippen LogP contribution >= 0.6 is 24.8 Å². The topological polar surface area (TPSA) is 87.5 Å². The molecule has 1 aromatic carbocycles. The number of likely N-dealkylation sites (N-methyl/N-ethyl adjacent to an activating group) is 1. The third kappa shape index (κ3) is 7.91. The summed E-state index contributed by atoms with van der Waals surface area (Å²) in [4.78, 5) is 26.3. The van der Waals surface area contributed by atoms with E-state index in [9.17, 15) is 9.59 Å². The monoisotopic (exact) mass is 404 g/mol. The molecule has 0 radical (unpaired) electrons. The quantitative estimate of drug-likeness (QED) is 0.643. The van der Waals surface area contributed by atoms with Gasteiger partial charge in [0.1, 0.15) is 0 Å². The van der Waals surface area contributed by atoms with Gasteiger partial charge in [-0.2, -0.15) is 0 Å². The fraction of sp³-hybridized carbons (Fsp3) is 0.556. The van der Waals surface area contributed by atoms with Gasteiger partial charge in [-0.05, 0) is 51.1 Å². The van der Waals surface area contributed by atoms with Crippen LogP contribution in [0.1, 0.15) is 35.2 Å². The van der Waals surface area contributed by atoms with E-state index in [0.29, 0.717) is 18.7 Å². The molecule has 0 bridgehead atoms. The summed E-state index contributed by atoms with van der Waals surface area (Å²) < 4.78 is 0. The maximum absolute atomic E-state index is 12.1. The highest BCUT2D eigenvalue weighted by atomic mass is 35.5. The van der Waals surface area contributed by atoms with Gasteiger partial charge in [0.15, 0.2) is 0 Å². The molecule has 1 saturated carbocycles. The average molecular weight is 405 g/mol. The van der Waals surface area contributed by atoms with E-state index in [0.717, 1.165) is 31.4 Å². The van der Waals surface area contributed by atoms with Crippen LogP contribution in [0.25, 0.3) is 0 Å². The Kier molecular flexibility index (Phi) is 11.5. The Morgan fingerprint density at radius 3 is 2.54 bits per heavy atom. The molecular weight excluding hydrogens is 375 g/mol. The molecule has 2 rings (SSSR count). The molecule has 4 N–H and O–H groups in total. The second-order valence-electron chi connectivity index (χ2n) is 6.75. The zero-order valence-electron chi connectivity index (χ0n) is 15.4. The van der Waals surface area contributed by atoms with E-state index >= 15 is 0 Å². The highest BCUT2D eigenvalue weighted by molar-refractivity contribution is 5.94. The predicted molar refractivity (Wildman–Crippen MR) is 109 cm³/mol. The van der Waals surface area contributed by atoms with Crippen molar-refractivity contribution in [3.05, 3.63) is 35.4 Å². The summed E-state index contributed by atoms with van der Waals surface area (Å²) in [7, 11) is 3.93. The van der Waals surface area contributed by atoms with Crippen molar-refractivity contribution in [1.29, 1.82) is 0 Å². The molecule has 148 valence electrons. The number of nitrogens with one attached hydrogen (secondary N) is 2. The van der Waals surface area contributed by atoms with Crippen LogP contribution in [0, 0.1) is 5.92 Å².